The van der Waals surface area contributed by atoms with Crippen molar-refractivity contribution in [3.63, 3.8) is 0 Å². The Bertz CT molecular complexity index is 1430. The fourth-order valence-electron chi connectivity index (χ4n) is 4.20. The zero-order valence-electron chi connectivity index (χ0n) is 17.4. The first kappa shape index (κ1) is 21.3. The van der Waals surface area contributed by atoms with Crippen LogP contribution in [0.2, 0.25) is 0 Å². The fraction of sp³-hybridized carbons (Fsp3) is 0.227. The number of fused-ring (bicyclic) bond motifs is 1. The monoisotopic (exact) mass is 470 g/mol. The number of halogens is 2. The van der Waals surface area contributed by atoms with Crippen LogP contribution >= 0.6 is 0 Å². The predicted octanol–water partition coefficient (Wildman–Crippen LogP) is 4.27. The molecule has 2 heterocycles. The third-order valence-electron chi connectivity index (χ3n) is 5.79. The molecule has 1 saturated carbocycles. The van der Waals surface area contributed by atoms with E-state index in [1.165, 1.54) is 30.6 Å². The predicted molar refractivity (Wildman–Crippen MR) is 120 cm³/mol. The SMILES string of the molecule is Nc1ncnc2c1c(-c1cc(F)c(NS(=O)(=O)c3ccccc3)c(F)c1)nn2C1CCCC1. The molecule has 0 atom stereocenters. The zero-order chi connectivity index (χ0) is 23.2. The molecule has 0 bridgehead atoms. The van der Waals surface area contributed by atoms with E-state index in [1.807, 2.05) is 4.72 Å². The van der Waals surface area contributed by atoms with Gasteiger partial charge in [-0.25, -0.2) is 31.8 Å². The second-order valence-corrected chi connectivity index (χ2v) is 9.60. The highest BCUT2D eigenvalue weighted by atomic mass is 32.2. The first-order valence-electron chi connectivity index (χ1n) is 10.4. The molecule has 0 unspecified atom stereocenters. The molecule has 11 heteroatoms. The number of hydrogen-bond acceptors (Lipinski definition) is 6. The summed E-state index contributed by atoms with van der Waals surface area (Å²) in [5.74, 6) is -2.01. The van der Waals surface area contributed by atoms with Gasteiger partial charge in [0.05, 0.1) is 16.3 Å². The molecule has 33 heavy (non-hydrogen) atoms. The minimum Gasteiger partial charge on any atom is -0.383 e. The van der Waals surface area contributed by atoms with Crippen LogP contribution in [0, 0.1) is 11.6 Å². The van der Waals surface area contributed by atoms with Crippen molar-refractivity contribution in [1.82, 2.24) is 19.7 Å². The highest BCUT2D eigenvalue weighted by Gasteiger charge is 2.26. The van der Waals surface area contributed by atoms with Crippen LogP contribution in [0.1, 0.15) is 31.7 Å². The van der Waals surface area contributed by atoms with Crippen LogP contribution in [0.15, 0.2) is 53.7 Å². The number of nitrogens with two attached hydrogens (primary N) is 1. The van der Waals surface area contributed by atoms with Crippen molar-refractivity contribution >= 4 is 32.6 Å². The lowest BCUT2D eigenvalue weighted by Gasteiger charge is -2.11. The summed E-state index contributed by atoms with van der Waals surface area (Å²) in [5.41, 5.74) is 6.15. The van der Waals surface area contributed by atoms with Crippen LogP contribution in [0.25, 0.3) is 22.3 Å². The Kier molecular flexibility index (Phi) is 5.20. The Labute approximate surface area is 188 Å². The van der Waals surface area contributed by atoms with Crippen LogP contribution in [0.4, 0.5) is 20.3 Å². The average molecular weight is 471 g/mol. The van der Waals surface area contributed by atoms with E-state index in [1.54, 1.807) is 10.7 Å². The number of anilines is 2. The number of benzene rings is 2. The van der Waals surface area contributed by atoms with Gasteiger partial charge in [-0.3, -0.25) is 4.72 Å². The molecule has 170 valence electrons. The molecule has 2 aromatic heterocycles. The Hall–Kier alpha value is -3.60. The molecule has 1 fully saturated rings. The molecular weight excluding hydrogens is 450 g/mol. The molecule has 1 aliphatic carbocycles. The van der Waals surface area contributed by atoms with E-state index >= 15 is 0 Å². The van der Waals surface area contributed by atoms with E-state index in [4.69, 9.17) is 5.73 Å². The molecule has 5 rings (SSSR count). The number of rotatable bonds is 5. The smallest absolute Gasteiger partial charge is 0.262 e. The van der Waals surface area contributed by atoms with Gasteiger partial charge in [-0.1, -0.05) is 31.0 Å². The van der Waals surface area contributed by atoms with Crippen molar-refractivity contribution in [2.75, 3.05) is 10.5 Å². The second-order valence-electron chi connectivity index (χ2n) is 7.92. The van der Waals surface area contributed by atoms with Gasteiger partial charge < -0.3 is 5.73 Å². The van der Waals surface area contributed by atoms with Crippen molar-refractivity contribution in [3.05, 3.63) is 60.4 Å². The summed E-state index contributed by atoms with van der Waals surface area (Å²) in [4.78, 5) is 8.21. The van der Waals surface area contributed by atoms with Crippen LogP contribution in [-0.4, -0.2) is 28.2 Å². The highest BCUT2D eigenvalue weighted by molar-refractivity contribution is 7.92. The van der Waals surface area contributed by atoms with E-state index in [9.17, 15) is 17.2 Å². The third-order valence-corrected chi connectivity index (χ3v) is 7.16. The maximum Gasteiger partial charge on any atom is 0.262 e. The minimum atomic E-state index is -4.17. The van der Waals surface area contributed by atoms with Gasteiger partial charge in [-0.2, -0.15) is 5.10 Å². The third kappa shape index (κ3) is 3.78. The van der Waals surface area contributed by atoms with Gasteiger partial charge in [0.15, 0.2) is 17.3 Å². The largest absolute Gasteiger partial charge is 0.383 e. The second kappa shape index (κ2) is 8.07. The van der Waals surface area contributed by atoms with Crippen LogP contribution in [-0.2, 0) is 10.0 Å². The van der Waals surface area contributed by atoms with Gasteiger partial charge in [0.1, 0.15) is 23.5 Å². The van der Waals surface area contributed by atoms with E-state index in [0.717, 1.165) is 37.8 Å². The summed E-state index contributed by atoms with van der Waals surface area (Å²) in [6.45, 7) is 0. The Morgan fingerprint density at radius 1 is 1.03 bits per heavy atom. The fourth-order valence-corrected chi connectivity index (χ4v) is 5.30. The summed E-state index contributed by atoms with van der Waals surface area (Å²) in [5, 5.41) is 5.00. The number of sulfonamides is 1. The van der Waals surface area contributed by atoms with Crippen molar-refractivity contribution in [3.8, 4) is 11.3 Å². The number of nitrogens with one attached hydrogen (secondary N) is 1. The average Bonchev–Trinajstić information content (AvgIpc) is 3.45. The van der Waals surface area contributed by atoms with Gasteiger partial charge in [0.25, 0.3) is 10.0 Å². The Morgan fingerprint density at radius 3 is 2.36 bits per heavy atom. The quantitative estimate of drug-likeness (QED) is 0.450. The maximum atomic E-state index is 15.0. The number of hydrogen-bond donors (Lipinski definition) is 2. The molecular formula is C22H20F2N6O2S. The van der Waals surface area contributed by atoms with E-state index in [-0.39, 0.29) is 28.0 Å². The lowest BCUT2D eigenvalue weighted by atomic mass is 10.1. The number of nitrogen functional groups attached to an aromatic ring is 1. The molecule has 1 aliphatic rings. The Morgan fingerprint density at radius 2 is 1.70 bits per heavy atom. The normalized spacial score (nSPS) is 14.7. The lowest BCUT2D eigenvalue weighted by Crippen LogP contribution is -2.15. The van der Waals surface area contributed by atoms with Gasteiger partial charge in [0.2, 0.25) is 0 Å². The number of aromatic nitrogens is 4. The molecule has 0 saturated heterocycles. The van der Waals surface area contributed by atoms with E-state index in [0.29, 0.717) is 11.0 Å². The van der Waals surface area contributed by atoms with Gasteiger partial charge in [0, 0.05) is 5.56 Å². The standard InChI is InChI=1S/C22H20F2N6O2S/c23-16-10-13(11-17(24)20(16)29-33(31,32)15-8-2-1-3-9-15)19-18-21(25)26-12-27-22(18)30(28-19)14-6-4-5-7-14/h1-3,8-12,14,29H,4-7H2,(H2,25,26,27). The first-order chi connectivity index (χ1) is 15.8. The van der Waals surface area contributed by atoms with Gasteiger partial charge >= 0.3 is 0 Å². The molecule has 3 N–H and O–H groups in total. The highest BCUT2D eigenvalue weighted by Crippen LogP contribution is 2.38. The summed E-state index contributed by atoms with van der Waals surface area (Å²) in [6, 6.07) is 9.50. The molecule has 0 aliphatic heterocycles. The summed E-state index contributed by atoms with van der Waals surface area (Å²) >= 11 is 0. The number of nitrogens with zero attached hydrogens (tertiary/aromatic N) is 4. The molecule has 8 nitrogen and oxygen atoms in total. The van der Waals surface area contributed by atoms with E-state index < -0.39 is 27.3 Å². The van der Waals surface area contributed by atoms with Crippen LogP contribution < -0.4 is 10.5 Å². The summed E-state index contributed by atoms with van der Waals surface area (Å²) < 4.78 is 58.8. The molecule has 4 aromatic rings. The summed E-state index contributed by atoms with van der Waals surface area (Å²) in [6.07, 6.45) is 5.28. The topological polar surface area (TPSA) is 116 Å². The van der Waals surface area contributed by atoms with Crippen molar-refractivity contribution < 1.29 is 17.2 Å². The molecule has 2 aromatic carbocycles. The van der Waals surface area contributed by atoms with Crippen molar-refractivity contribution in [1.29, 1.82) is 0 Å². The zero-order valence-corrected chi connectivity index (χ0v) is 18.2. The molecule has 0 radical (unpaired) electrons. The lowest BCUT2D eigenvalue weighted by molar-refractivity contribution is 0.479. The first-order valence-corrected chi connectivity index (χ1v) is 11.9. The van der Waals surface area contributed by atoms with Crippen molar-refractivity contribution in [2.45, 2.75) is 36.6 Å². The van der Waals surface area contributed by atoms with Crippen LogP contribution in [0.5, 0.6) is 0 Å². The summed E-state index contributed by atoms with van der Waals surface area (Å²) in [7, 11) is -4.17. The Balaban J connectivity index is 1.59. The molecule has 0 amide bonds. The van der Waals surface area contributed by atoms with Gasteiger partial charge in [-0.05, 0) is 37.1 Å². The maximum absolute atomic E-state index is 15.0. The van der Waals surface area contributed by atoms with E-state index in [2.05, 4.69) is 15.1 Å². The molecule has 0 spiro atoms. The minimum absolute atomic E-state index is 0.107. The van der Waals surface area contributed by atoms with Crippen LogP contribution in [0.3, 0.4) is 0 Å². The van der Waals surface area contributed by atoms with Gasteiger partial charge in [-0.15, -0.1) is 0 Å². The van der Waals surface area contributed by atoms with Crippen molar-refractivity contribution in [2.24, 2.45) is 0 Å².